The average molecular weight is 252 g/mol. The van der Waals surface area contributed by atoms with E-state index in [1.807, 2.05) is 6.92 Å². The van der Waals surface area contributed by atoms with Gasteiger partial charge in [0.25, 0.3) is 0 Å². The number of benzene rings is 1. The third kappa shape index (κ3) is 2.51. The highest BCUT2D eigenvalue weighted by Crippen LogP contribution is 2.36. The van der Waals surface area contributed by atoms with Gasteiger partial charge in [-0.15, -0.1) is 0 Å². The second-order valence-electron chi connectivity index (χ2n) is 5.45. The maximum Gasteiger partial charge on any atom is 0.111 e. The molecule has 19 heavy (non-hydrogen) atoms. The molecule has 0 amide bonds. The maximum absolute atomic E-state index is 5.79. The normalized spacial score (nSPS) is 19.3. The Labute approximate surface area is 115 Å². The first kappa shape index (κ1) is 12.3. The van der Waals surface area contributed by atoms with E-state index in [1.165, 1.54) is 36.0 Å². The molecular formula is C18H20O. The Bertz CT molecular complexity index is 604. The maximum atomic E-state index is 5.79. The molecule has 0 radical (unpaired) electrons. The standard InChI is InChI=1S/C18H20O/c1-13-6-3-4-9-17(13)15-7-5-8-16(12-15)18-11-10-14(2)19-18/h3-4,6,9-12,16H,5,7-8H2,1-2H3. The fourth-order valence-electron chi connectivity index (χ4n) is 2.96. The average Bonchev–Trinajstić information content (AvgIpc) is 2.86. The molecule has 98 valence electrons. The van der Waals surface area contributed by atoms with Crippen molar-refractivity contribution in [2.45, 2.75) is 39.0 Å². The van der Waals surface area contributed by atoms with Crippen molar-refractivity contribution < 1.29 is 4.42 Å². The fourth-order valence-corrected chi connectivity index (χ4v) is 2.96. The predicted octanol–water partition coefficient (Wildman–Crippen LogP) is 5.25. The van der Waals surface area contributed by atoms with Crippen molar-refractivity contribution in [1.29, 1.82) is 0 Å². The Morgan fingerprint density at radius 3 is 2.63 bits per heavy atom. The summed E-state index contributed by atoms with van der Waals surface area (Å²) in [7, 11) is 0. The zero-order valence-electron chi connectivity index (χ0n) is 11.6. The van der Waals surface area contributed by atoms with Crippen LogP contribution in [-0.4, -0.2) is 0 Å². The van der Waals surface area contributed by atoms with Crippen LogP contribution in [0.4, 0.5) is 0 Å². The zero-order chi connectivity index (χ0) is 13.2. The molecule has 1 aliphatic carbocycles. The van der Waals surface area contributed by atoms with Gasteiger partial charge < -0.3 is 4.42 Å². The molecule has 0 spiro atoms. The lowest BCUT2D eigenvalue weighted by atomic mass is 9.85. The van der Waals surface area contributed by atoms with E-state index in [0.717, 1.165) is 11.5 Å². The van der Waals surface area contributed by atoms with Crippen LogP contribution in [0.3, 0.4) is 0 Å². The van der Waals surface area contributed by atoms with Crippen molar-refractivity contribution in [3.8, 4) is 0 Å². The Kier molecular flexibility index (Phi) is 3.29. The van der Waals surface area contributed by atoms with Crippen LogP contribution in [0, 0.1) is 13.8 Å². The van der Waals surface area contributed by atoms with Gasteiger partial charge in [-0.2, -0.15) is 0 Å². The van der Waals surface area contributed by atoms with Crippen LogP contribution in [0.1, 0.15) is 47.8 Å². The number of allylic oxidation sites excluding steroid dienone is 2. The molecule has 1 heteroatoms. The highest BCUT2D eigenvalue weighted by atomic mass is 16.3. The molecule has 0 fully saturated rings. The Hall–Kier alpha value is -1.76. The molecule has 1 atom stereocenters. The monoisotopic (exact) mass is 252 g/mol. The minimum atomic E-state index is 0.442. The number of hydrogen-bond acceptors (Lipinski definition) is 1. The third-order valence-corrected chi connectivity index (χ3v) is 3.98. The molecule has 1 heterocycles. The number of hydrogen-bond donors (Lipinski definition) is 0. The summed E-state index contributed by atoms with van der Waals surface area (Å²) in [6, 6.07) is 12.8. The van der Waals surface area contributed by atoms with Crippen LogP contribution in [0.5, 0.6) is 0 Å². The summed E-state index contributed by atoms with van der Waals surface area (Å²) in [5.74, 6) is 2.56. The van der Waals surface area contributed by atoms with Crippen molar-refractivity contribution >= 4 is 5.57 Å². The number of furan rings is 1. The first-order valence-corrected chi connectivity index (χ1v) is 7.07. The molecule has 2 aromatic rings. The summed E-state index contributed by atoms with van der Waals surface area (Å²) in [4.78, 5) is 0. The van der Waals surface area contributed by atoms with Crippen molar-refractivity contribution in [2.24, 2.45) is 0 Å². The van der Waals surface area contributed by atoms with E-state index in [4.69, 9.17) is 4.42 Å². The Morgan fingerprint density at radius 2 is 1.89 bits per heavy atom. The topological polar surface area (TPSA) is 13.1 Å². The molecule has 1 unspecified atom stereocenters. The molecule has 1 aromatic heterocycles. The van der Waals surface area contributed by atoms with Crippen LogP contribution >= 0.6 is 0 Å². The molecule has 0 aliphatic heterocycles. The van der Waals surface area contributed by atoms with Crippen molar-refractivity contribution in [3.05, 3.63) is 65.1 Å². The quantitative estimate of drug-likeness (QED) is 0.711. The molecule has 0 saturated carbocycles. The second kappa shape index (κ2) is 5.08. The van der Waals surface area contributed by atoms with Gasteiger partial charge in [-0.25, -0.2) is 0 Å². The molecule has 0 bridgehead atoms. The van der Waals surface area contributed by atoms with E-state index in [1.54, 1.807) is 0 Å². The molecule has 1 nitrogen and oxygen atoms in total. The van der Waals surface area contributed by atoms with E-state index in [-0.39, 0.29) is 0 Å². The second-order valence-corrected chi connectivity index (χ2v) is 5.45. The van der Waals surface area contributed by atoms with Crippen LogP contribution < -0.4 is 0 Å². The smallest absolute Gasteiger partial charge is 0.111 e. The molecule has 1 aromatic carbocycles. The zero-order valence-corrected chi connectivity index (χ0v) is 11.6. The Morgan fingerprint density at radius 1 is 1.05 bits per heavy atom. The van der Waals surface area contributed by atoms with Gasteiger partial charge in [-0.1, -0.05) is 30.3 Å². The van der Waals surface area contributed by atoms with Gasteiger partial charge in [0, 0.05) is 5.92 Å². The summed E-state index contributed by atoms with van der Waals surface area (Å²) < 4.78 is 5.79. The van der Waals surface area contributed by atoms with Crippen LogP contribution in [-0.2, 0) is 0 Å². The Balaban J connectivity index is 1.94. The highest BCUT2D eigenvalue weighted by Gasteiger charge is 2.19. The van der Waals surface area contributed by atoms with Crippen molar-refractivity contribution in [1.82, 2.24) is 0 Å². The molecule has 1 aliphatic rings. The van der Waals surface area contributed by atoms with Crippen LogP contribution in [0.2, 0.25) is 0 Å². The number of rotatable bonds is 2. The molecule has 3 rings (SSSR count). The third-order valence-electron chi connectivity index (χ3n) is 3.98. The molecule has 0 N–H and O–H groups in total. The van der Waals surface area contributed by atoms with E-state index in [0.29, 0.717) is 5.92 Å². The van der Waals surface area contributed by atoms with Crippen LogP contribution in [0.15, 0.2) is 46.9 Å². The van der Waals surface area contributed by atoms with Crippen molar-refractivity contribution in [3.63, 3.8) is 0 Å². The van der Waals surface area contributed by atoms with Crippen molar-refractivity contribution in [2.75, 3.05) is 0 Å². The van der Waals surface area contributed by atoms with Gasteiger partial charge in [0.2, 0.25) is 0 Å². The lowest BCUT2D eigenvalue weighted by Gasteiger charge is -2.21. The first-order valence-electron chi connectivity index (χ1n) is 7.07. The largest absolute Gasteiger partial charge is 0.466 e. The fraction of sp³-hybridized carbons (Fsp3) is 0.333. The minimum absolute atomic E-state index is 0.442. The van der Waals surface area contributed by atoms with Gasteiger partial charge in [0.05, 0.1) is 0 Å². The van der Waals surface area contributed by atoms with Gasteiger partial charge in [0.1, 0.15) is 11.5 Å². The van der Waals surface area contributed by atoms with Gasteiger partial charge >= 0.3 is 0 Å². The first-order chi connectivity index (χ1) is 9.24. The van der Waals surface area contributed by atoms with E-state index < -0.39 is 0 Å². The summed E-state index contributed by atoms with van der Waals surface area (Å²) in [5.41, 5.74) is 4.24. The SMILES string of the molecule is Cc1ccc(C2C=C(c3ccccc3C)CCC2)o1. The van der Waals surface area contributed by atoms with Gasteiger partial charge in [-0.3, -0.25) is 0 Å². The van der Waals surface area contributed by atoms with E-state index in [2.05, 4.69) is 49.4 Å². The molecule has 0 saturated heterocycles. The summed E-state index contributed by atoms with van der Waals surface area (Å²) in [6.07, 6.45) is 6.03. The highest BCUT2D eigenvalue weighted by molar-refractivity contribution is 5.69. The summed E-state index contributed by atoms with van der Waals surface area (Å²) >= 11 is 0. The van der Waals surface area contributed by atoms with E-state index >= 15 is 0 Å². The van der Waals surface area contributed by atoms with Gasteiger partial charge in [-0.05, 0) is 61.9 Å². The van der Waals surface area contributed by atoms with Gasteiger partial charge in [0.15, 0.2) is 0 Å². The lowest BCUT2D eigenvalue weighted by molar-refractivity contribution is 0.450. The summed E-state index contributed by atoms with van der Waals surface area (Å²) in [6.45, 7) is 4.20. The predicted molar refractivity (Wildman–Crippen MR) is 79.2 cm³/mol. The minimum Gasteiger partial charge on any atom is -0.466 e. The lowest BCUT2D eigenvalue weighted by Crippen LogP contribution is -2.03. The summed E-state index contributed by atoms with van der Waals surface area (Å²) in [5, 5.41) is 0. The molecular weight excluding hydrogens is 232 g/mol. The van der Waals surface area contributed by atoms with E-state index in [9.17, 15) is 0 Å². The van der Waals surface area contributed by atoms with Crippen LogP contribution in [0.25, 0.3) is 5.57 Å². The number of aryl methyl sites for hydroxylation is 2.